The summed E-state index contributed by atoms with van der Waals surface area (Å²) in [5.41, 5.74) is 0. The Bertz CT molecular complexity index is 213. The lowest BCUT2D eigenvalue weighted by atomic mass is 10.2. The number of amides is 2. The van der Waals surface area contributed by atoms with Gasteiger partial charge in [0, 0.05) is 6.04 Å². The standard InChI is InChI=1S/C8H14N2O2/c1-5(2)10-4-7(11)9-6(3)8(10)12/h5-6H,4H2,1-3H3,(H,9,11)/t6-/m0/s1. The molecule has 0 bridgehead atoms. The van der Waals surface area contributed by atoms with Gasteiger partial charge < -0.3 is 10.2 Å². The molecule has 1 aliphatic heterocycles. The van der Waals surface area contributed by atoms with Crippen LogP contribution >= 0.6 is 0 Å². The Morgan fingerprint density at radius 3 is 2.58 bits per heavy atom. The largest absolute Gasteiger partial charge is 0.343 e. The van der Waals surface area contributed by atoms with Crippen molar-refractivity contribution in [3.63, 3.8) is 0 Å². The summed E-state index contributed by atoms with van der Waals surface area (Å²) in [5.74, 6) is -0.0691. The monoisotopic (exact) mass is 170 g/mol. The SMILES string of the molecule is CC(C)N1CC(=O)N[C@@H](C)C1=O. The number of carbonyl (C=O) groups is 2. The molecule has 1 fully saturated rings. The predicted molar refractivity (Wildman–Crippen MR) is 44.5 cm³/mol. The second-order valence-electron chi connectivity index (χ2n) is 3.35. The first-order valence-electron chi connectivity index (χ1n) is 4.12. The number of hydrogen-bond donors (Lipinski definition) is 1. The van der Waals surface area contributed by atoms with Crippen LogP contribution in [0.5, 0.6) is 0 Å². The zero-order chi connectivity index (χ0) is 9.30. The lowest BCUT2D eigenvalue weighted by Crippen LogP contribution is -2.58. The van der Waals surface area contributed by atoms with Gasteiger partial charge in [-0.2, -0.15) is 0 Å². The van der Waals surface area contributed by atoms with E-state index in [-0.39, 0.29) is 30.4 Å². The van der Waals surface area contributed by atoms with E-state index in [1.54, 1.807) is 11.8 Å². The fourth-order valence-electron chi connectivity index (χ4n) is 1.27. The minimum atomic E-state index is -0.367. The summed E-state index contributed by atoms with van der Waals surface area (Å²) in [4.78, 5) is 24.0. The molecule has 4 heteroatoms. The minimum absolute atomic E-state index is 0.00426. The molecule has 0 spiro atoms. The van der Waals surface area contributed by atoms with Crippen molar-refractivity contribution >= 4 is 11.8 Å². The summed E-state index contributed by atoms with van der Waals surface area (Å²) in [6, 6.07) is -0.264. The Morgan fingerprint density at radius 2 is 2.08 bits per heavy atom. The van der Waals surface area contributed by atoms with Crippen molar-refractivity contribution in [1.29, 1.82) is 0 Å². The maximum absolute atomic E-state index is 11.4. The number of rotatable bonds is 1. The maximum atomic E-state index is 11.4. The molecular formula is C8H14N2O2. The lowest BCUT2D eigenvalue weighted by molar-refractivity contribution is -0.145. The van der Waals surface area contributed by atoms with Crippen LogP contribution in [0.4, 0.5) is 0 Å². The van der Waals surface area contributed by atoms with Crippen LogP contribution in [0.1, 0.15) is 20.8 Å². The van der Waals surface area contributed by atoms with E-state index in [1.807, 2.05) is 13.8 Å². The molecule has 1 N–H and O–H groups in total. The van der Waals surface area contributed by atoms with Gasteiger partial charge in [0.05, 0.1) is 6.54 Å². The molecule has 0 aromatic carbocycles. The van der Waals surface area contributed by atoms with Gasteiger partial charge in [0.1, 0.15) is 6.04 Å². The van der Waals surface area contributed by atoms with Crippen LogP contribution in [-0.4, -0.2) is 35.3 Å². The molecule has 1 atom stereocenters. The molecule has 4 nitrogen and oxygen atoms in total. The molecule has 68 valence electrons. The lowest BCUT2D eigenvalue weighted by Gasteiger charge is -2.33. The van der Waals surface area contributed by atoms with Gasteiger partial charge in [-0.3, -0.25) is 9.59 Å². The summed E-state index contributed by atoms with van der Waals surface area (Å²) in [6.07, 6.45) is 0. The number of nitrogens with one attached hydrogen (secondary N) is 1. The summed E-state index contributed by atoms with van der Waals surface area (Å²) in [7, 11) is 0. The maximum Gasteiger partial charge on any atom is 0.245 e. The molecule has 0 aliphatic carbocycles. The number of nitrogens with zero attached hydrogens (tertiary/aromatic N) is 1. The first kappa shape index (κ1) is 9.03. The van der Waals surface area contributed by atoms with Crippen LogP contribution in [0, 0.1) is 0 Å². The van der Waals surface area contributed by atoms with Crippen molar-refractivity contribution in [2.45, 2.75) is 32.9 Å². The highest BCUT2D eigenvalue weighted by Crippen LogP contribution is 2.05. The van der Waals surface area contributed by atoms with Gasteiger partial charge in [0.25, 0.3) is 0 Å². The fraction of sp³-hybridized carbons (Fsp3) is 0.750. The van der Waals surface area contributed by atoms with Gasteiger partial charge in [0.2, 0.25) is 11.8 Å². The Balaban J connectivity index is 2.73. The second kappa shape index (κ2) is 3.13. The van der Waals surface area contributed by atoms with E-state index in [0.717, 1.165) is 0 Å². The molecule has 0 unspecified atom stereocenters. The Morgan fingerprint density at radius 1 is 1.50 bits per heavy atom. The van der Waals surface area contributed by atoms with E-state index < -0.39 is 0 Å². The quantitative estimate of drug-likeness (QED) is 0.589. The first-order chi connectivity index (χ1) is 5.52. The van der Waals surface area contributed by atoms with Crippen molar-refractivity contribution in [3.05, 3.63) is 0 Å². The third-order valence-electron chi connectivity index (χ3n) is 1.97. The average Bonchev–Trinajstić information content (AvgIpc) is 1.96. The second-order valence-corrected chi connectivity index (χ2v) is 3.35. The van der Waals surface area contributed by atoms with E-state index in [2.05, 4.69) is 5.32 Å². The van der Waals surface area contributed by atoms with E-state index in [9.17, 15) is 9.59 Å². The van der Waals surface area contributed by atoms with E-state index in [4.69, 9.17) is 0 Å². The topological polar surface area (TPSA) is 49.4 Å². The summed E-state index contributed by atoms with van der Waals surface area (Å²) in [6.45, 7) is 5.71. The number of hydrogen-bond acceptors (Lipinski definition) is 2. The summed E-state index contributed by atoms with van der Waals surface area (Å²) >= 11 is 0. The van der Waals surface area contributed by atoms with Crippen LogP contribution in [0.25, 0.3) is 0 Å². The summed E-state index contributed by atoms with van der Waals surface area (Å²) < 4.78 is 0. The molecule has 1 aliphatic rings. The highest BCUT2D eigenvalue weighted by Gasteiger charge is 2.30. The first-order valence-corrected chi connectivity index (χ1v) is 4.12. The molecule has 0 saturated carbocycles. The van der Waals surface area contributed by atoms with Crippen molar-refractivity contribution in [1.82, 2.24) is 10.2 Å². The molecule has 1 heterocycles. The van der Waals surface area contributed by atoms with Gasteiger partial charge in [-0.1, -0.05) is 0 Å². The summed E-state index contributed by atoms with van der Waals surface area (Å²) in [5, 5.41) is 2.58. The van der Waals surface area contributed by atoms with E-state index >= 15 is 0 Å². The number of carbonyl (C=O) groups excluding carboxylic acids is 2. The smallest absolute Gasteiger partial charge is 0.245 e. The van der Waals surface area contributed by atoms with Gasteiger partial charge >= 0.3 is 0 Å². The molecule has 1 rings (SSSR count). The average molecular weight is 170 g/mol. The molecule has 12 heavy (non-hydrogen) atoms. The molecular weight excluding hydrogens is 156 g/mol. The van der Waals surface area contributed by atoms with E-state index in [1.165, 1.54) is 0 Å². The van der Waals surface area contributed by atoms with Gasteiger partial charge in [0.15, 0.2) is 0 Å². The highest BCUT2D eigenvalue weighted by atomic mass is 16.2. The Hall–Kier alpha value is -1.06. The van der Waals surface area contributed by atoms with Crippen LogP contribution in [-0.2, 0) is 9.59 Å². The van der Waals surface area contributed by atoms with Gasteiger partial charge in [-0.15, -0.1) is 0 Å². The highest BCUT2D eigenvalue weighted by molar-refractivity contribution is 5.94. The van der Waals surface area contributed by atoms with Crippen molar-refractivity contribution in [2.24, 2.45) is 0 Å². The normalized spacial score (nSPS) is 24.7. The van der Waals surface area contributed by atoms with Gasteiger partial charge in [-0.05, 0) is 20.8 Å². The number of piperazine rings is 1. The van der Waals surface area contributed by atoms with Crippen LogP contribution in [0.2, 0.25) is 0 Å². The minimum Gasteiger partial charge on any atom is -0.343 e. The predicted octanol–water partition coefficient (Wildman–Crippen LogP) is -0.258. The van der Waals surface area contributed by atoms with Crippen LogP contribution in [0.3, 0.4) is 0 Å². The molecule has 0 radical (unpaired) electrons. The molecule has 2 amide bonds. The van der Waals surface area contributed by atoms with Crippen molar-refractivity contribution < 1.29 is 9.59 Å². The van der Waals surface area contributed by atoms with Crippen molar-refractivity contribution in [2.75, 3.05) is 6.54 Å². The molecule has 1 saturated heterocycles. The van der Waals surface area contributed by atoms with Crippen LogP contribution in [0.15, 0.2) is 0 Å². The zero-order valence-corrected chi connectivity index (χ0v) is 7.63. The van der Waals surface area contributed by atoms with Gasteiger partial charge in [-0.25, -0.2) is 0 Å². The third-order valence-corrected chi connectivity index (χ3v) is 1.97. The molecule has 0 aromatic rings. The zero-order valence-electron chi connectivity index (χ0n) is 7.63. The fourth-order valence-corrected chi connectivity index (χ4v) is 1.27. The van der Waals surface area contributed by atoms with Crippen molar-refractivity contribution in [3.8, 4) is 0 Å². The van der Waals surface area contributed by atoms with Crippen LogP contribution < -0.4 is 5.32 Å². The Labute approximate surface area is 71.9 Å². The molecule has 0 aromatic heterocycles. The Kier molecular flexibility index (Phi) is 2.35. The van der Waals surface area contributed by atoms with E-state index in [0.29, 0.717) is 0 Å². The third kappa shape index (κ3) is 1.57.